The molecular formula is C23H21FIN3O7. The second-order valence-corrected chi connectivity index (χ2v) is 8.92. The van der Waals surface area contributed by atoms with Gasteiger partial charge in [-0.05, 0) is 47.2 Å². The number of nitrogens with one attached hydrogen (secondary N) is 1. The van der Waals surface area contributed by atoms with Crippen molar-refractivity contribution in [1.29, 1.82) is 0 Å². The molecule has 3 heterocycles. The van der Waals surface area contributed by atoms with Gasteiger partial charge < -0.3 is 23.5 Å². The Kier molecular flexibility index (Phi) is 6.58. The predicted molar refractivity (Wildman–Crippen MR) is 128 cm³/mol. The highest BCUT2D eigenvalue weighted by molar-refractivity contribution is 14.1. The van der Waals surface area contributed by atoms with Crippen LogP contribution < -0.4 is 10.1 Å². The molecule has 0 spiro atoms. The number of carbonyl (C=O) groups is 3. The van der Waals surface area contributed by atoms with E-state index < -0.39 is 35.9 Å². The number of halogens is 2. The molecular weight excluding hydrogens is 576 g/mol. The zero-order valence-electron chi connectivity index (χ0n) is 19.2. The smallest absolute Gasteiger partial charge is 0.408 e. The maximum atomic E-state index is 14.9. The summed E-state index contributed by atoms with van der Waals surface area (Å²) in [4.78, 5) is 44.4. The van der Waals surface area contributed by atoms with Crippen LogP contribution in [0.5, 0.6) is 5.75 Å². The van der Waals surface area contributed by atoms with Gasteiger partial charge in [-0.2, -0.15) is 0 Å². The van der Waals surface area contributed by atoms with E-state index in [1.54, 1.807) is 19.2 Å². The first kappa shape index (κ1) is 24.7. The molecule has 35 heavy (non-hydrogen) atoms. The maximum absolute atomic E-state index is 14.9. The number of aryl methyl sites for hydroxylation is 1. The molecule has 0 saturated carbocycles. The van der Waals surface area contributed by atoms with E-state index in [4.69, 9.17) is 18.6 Å². The monoisotopic (exact) mass is 597 g/mol. The first-order valence-electron chi connectivity index (χ1n) is 10.3. The molecule has 2 aromatic heterocycles. The van der Waals surface area contributed by atoms with E-state index in [0.29, 0.717) is 25.8 Å². The van der Waals surface area contributed by atoms with Gasteiger partial charge in [-0.25, -0.2) is 14.0 Å². The molecule has 1 aromatic carbocycles. The summed E-state index contributed by atoms with van der Waals surface area (Å²) in [6, 6.07) is 4.52. The molecule has 1 N–H and O–H groups in total. The van der Waals surface area contributed by atoms with Crippen molar-refractivity contribution < 1.29 is 37.4 Å². The number of pyridine rings is 1. The molecule has 1 aliphatic rings. The third-order valence-electron chi connectivity index (χ3n) is 5.83. The first-order chi connectivity index (χ1) is 16.7. The number of fused-ring (bicyclic) bond motifs is 2. The van der Waals surface area contributed by atoms with Crippen molar-refractivity contribution in [2.24, 2.45) is 0 Å². The Morgan fingerprint density at radius 2 is 2.03 bits per heavy atom. The summed E-state index contributed by atoms with van der Waals surface area (Å²) in [5, 5.41) is 3.06. The second kappa shape index (κ2) is 9.32. The summed E-state index contributed by atoms with van der Waals surface area (Å²) >= 11 is 2.07. The van der Waals surface area contributed by atoms with Crippen molar-refractivity contribution in [1.82, 2.24) is 15.2 Å². The van der Waals surface area contributed by atoms with E-state index in [2.05, 4.69) is 32.9 Å². The molecule has 184 valence electrons. The molecule has 4 rings (SSSR count). The van der Waals surface area contributed by atoms with Crippen LogP contribution in [0.3, 0.4) is 0 Å². The van der Waals surface area contributed by atoms with Crippen molar-refractivity contribution in [3.05, 3.63) is 56.4 Å². The molecule has 0 unspecified atom stereocenters. The first-order valence-corrected chi connectivity index (χ1v) is 11.4. The predicted octanol–water partition coefficient (Wildman–Crippen LogP) is 3.27. The Hall–Kier alpha value is -3.42. The zero-order valence-corrected chi connectivity index (χ0v) is 21.4. The highest BCUT2D eigenvalue weighted by Crippen LogP contribution is 2.36. The zero-order chi connectivity index (χ0) is 25.5. The largest absolute Gasteiger partial charge is 0.494 e. The fourth-order valence-electron chi connectivity index (χ4n) is 4.03. The molecule has 10 nitrogen and oxygen atoms in total. The Labute approximate surface area is 212 Å². The van der Waals surface area contributed by atoms with Gasteiger partial charge in [-0.15, -0.1) is 0 Å². The Balaban J connectivity index is 1.85. The van der Waals surface area contributed by atoms with Crippen LogP contribution in [0.25, 0.3) is 11.0 Å². The van der Waals surface area contributed by atoms with Crippen LogP contribution in [0.1, 0.15) is 27.4 Å². The van der Waals surface area contributed by atoms with Crippen molar-refractivity contribution >= 4 is 51.5 Å². The van der Waals surface area contributed by atoms with E-state index in [1.807, 2.05) is 0 Å². The number of hydrogen-bond acceptors (Lipinski definition) is 8. The van der Waals surface area contributed by atoms with E-state index in [1.165, 1.54) is 24.1 Å². The average molecular weight is 597 g/mol. The molecule has 0 bridgehead atoms. The number of nitrogens with zero attached hydrogens (tertiary/aromatic N) is 2. The SMILES string of the molecule is COC(=O)N[C@](CN1Cc2ccc(OC)c(F)c2C1=O)(C(=O)OC)c1cc2cnc(C)c(I)c2o1. The quantitative estimate of drug-likeness (QED) is 0.340. The number of esters is 1. The van der Waals surface area contributed by atoms with Gasteiger partial charge in [0.1, 0.15) is 5.76 Å². The number of rotatable bonds is 6. The molecule has 0 saturated heterocycles. The number of amides is 2. The normalized spacial score (nSPS) is 14.5. The summed E-state index contributed by atoms with van der Waals surface area (Å²) in [5.74, 6) is -2.48. The van der Waals surface area contributed by atoms with Gasteiger partial charge in [0, 0.05) is 18.1 Å². The summed E-state index contributed by atoms with van der Waals surface area (Å²) in [5.41, 5.74) is -0.613. The molecule has 12 heteroatoms. The summed E-state index contributed by atoms with van der Waals surface area (Å²) in [6.07, 6.45) is 0.607. The van der Waals surface area contributed by atoms with Gasteiger partial charge in [0.25, 0.3) is 5.91 Å². The number of carbonyl (C=O) groups excluding carboxylic acids is 3. The van der Waals surface area contributed by atoms with Crippen molar-refractivity contribution in [2.75, 3.05) is 27.9 Å². The molecule has 0 fully saturated rings. The fraction of sp³-hybridized carbons (Fsp3) is 0.304. The van der Waals surface area contributed by atoms with Crippen LogP contribution in [0.15, 0.2) is 28.8 Å². The lowest BCUT2D eigenvalue weighted by Crippen LogP contribution is -2.58. The molecule has 1 atom stereocenters. The number of methoxy groups -OCH3 is 3. The average Bonchev–Trinajstić information content (AvgIpc) is 3.43. The van der Waals surface area contributed by atoms with Crippen molar-refractivity contribution in [3.63, 3.8) is 0 Å². The van der Waals surface area contributed by atoms with Gasteiger partial charge in [-0.1, -0.05) is 6.07 Å². The molecule has 0 radical (unpaired) electrons. The highest BCUT2D eigenvalue weighted by atomic mass is 127. The summed E-state index contributed by atoms with van der Waals surface area (Å²) in [6.45, 7) is 1.36. The number of alkyl carbamates (subject to hydrolysis) is 1. The van der Waals surface area contributed by atoms with Crippen LogP contribution in [0, 0.1) is 16.3 Å². The molecule has 1 aliphatic heterocycles. The number of hydrogen-bond donors (Lipinski definition) is 1. The summed E-state index contributed by atoms with van der Waals surface area (Å²) < 4.78 is 36.4. The molecule has 3 aromatic rings. The minimum atomic E-state index is -2.00. The lowest BCUT2D eigenvalue weighted by Gasteiger charge is -2.33. The van der Waals surface area contributed by atoms with Crippen molar-refractivity contribution in [2.45, 2.75) is 19.0 Å². The Morgan fingerprint density at radius 3 is 2.69 bits per heavy atom. The standard InChI is InChI=1S/C23H21FIN3O7/c1-11-18(25)19-13(8-26-11)7-15(35-19)23(21(30)33-3,27-22(31)34-4)10-28-9-12-5-6-14(32-2)17(24)16(12)20(28)29/h5-8H,9-10H2,1-4H3,(H,27,31)/t23-/m0/s1. The number of ether oxygens (including phenoxy) is 3. The second-order valence-electron chi connectivity index (χ2n) is 7.84. The number of furan rings is 1. The third kappa shape index (κ3) is 4.05. The minimum absolute atomic E-state index is 0.00289. The number of benzene rings is 1. The van der Waals surface area contributed by atoms with E-state index >= 15 is 0 Å². The fourth-order valence-corrected chi connectivity index (χ4v) is 4.59. The van der Waals surface area contributed by atoms with E-state index in [0.717, 1.165) is 14.2 Å². The Bertz CT molecular complexity index is 1360. The molecule has 2 amide bonds. The van der Waals surface area contributed by atoms with Crippen molar-refractivity contribution in [3.8, 4) is 5.75 Å². The third-order valence-corrected chi connectivity index (χ3v) is 7.10. The summed E-state index contributed by atoms with van der Waals surface area (Å²) in [7, 11) is 3.56. The van der Waals surface area contributed by atoms with Gasteiger partial charge >= 0.3 is 12.1 Å². The highest BCUT2D eigenvalue weighted by Gasteiger charge is 2.50. The van der Waals surface area contributed by atoms with E-state index in [9.17, 15) is 18.8 Å². The van der Waals surface area contributed by atoms with Crippen LogP contribution in [-0.4, -0.2) is 55.7 Å². The lowest BCUT2D eigenvalue weighted by molar-refractivity contribution is -0.150. The lowest BCUT2D eigenvalue weighted by atomic mass is 9.95. The van der Waals surface area contributed by atoms with Crippen LogP contribution in [0.4, 0.5) is 9.18 Å². The molecule has 0 aliphatic carbocycles. The van der Waals surface area contributed by atoms with Gasteiger partial charge in [0.15, 0.2) is 17.1 Å². The van der Waals surface area contributed by atoms with Gasteiger partial charge in [-0.3, -0.25) is 15.1 Å². The minimum Gasteiger partial charge on any atom is -0.494 e. The maximum Gasteiger partial charge on any atom is 0.408 e. The number of aromatic nitrogens is 1. The van der Waals surface area contributed by atoms with E-state index in [-0.39, 0.29) is 23.6 Å². The van der Waals surface area contributed by atoms with Crippen LogP contribution >= 0.6 is 22.6 Å². The Morgan fingerprint density at radius 1 is 1.29 bits per heavy atom. The van der Waals surface area contributed by atoms with Gasteiger partial charge in [0.2, 0.25) is 5.54 Å². The van der Waals surface area contributed by atoms with Crippen LogP contribution in [-0.2, 0) is 26.4 Å². The topological polar surface area (TPSA) is 120 Å². The van der Waals surface area contributed by atoms with Crippen LogP contribution in [0.2, 0.25) is 0 Å². The van der Waals surface area contributed by atoms with Gasteiger partial charge in [0.05, 0.1) is 42.7 Å².